The van der Waals surface area contributed by atoms with Gasteiger partial charge >= 0.3 is 0 Å². The molecule has 0 aromatic heterocycles. The van der Waals surface area contributed by atoms with Gasteiger partial charge in [-0.15, -0.1) is 0 Å². The zero-order valence-electron chi connectivity index (χ0n) is 13.0. The number of hydrogen-bond donors (Lipinski definition) is 2. The van der Waals surface area contributed by atoms with Crippen LogP contribution in [0, 0.1) is 0 Å². The Morgan fingerprint density at radius 3 is 2.41 bits per heavy atom. The number of piperidine rings is 1. The van der Waals surface area contributed by atoms with Gasteiger partial charge in [-0.3, -0.25) is 0 Å². The fourth-order valence-corrected chi connectivity index (χ4v) is 4.24. The first-order valence-electron chi connectivity index (χ1n) is 8.75. The van der Waals surface area contributed by atoms with Crippen LogP contribution in [0.5, 0.6) is 0 Å². The third-order valence-electron chi connectivity index (χ3n) is 5.59. The van der Waals surface area contributed by atoms with Crippen LogP contribution in [0.2, 0.25) is 0 Å². The predicted molar refractivity (Wildman–Crippen MR) is 78.1 cm³/mol. The molecule has 3 aliphatic heterocycles. The van der Waals surface area contributed by atoms with Crippen molar-refractivity contribution in [2.75, 3.05) is 19.6 Å². The summed E-state index contributed by atoms with van der Waals surface area (Å²) in [6.45, 7) is 2.39. The van der Waals surface area contributed by atoms with E-state index < -0.39 is 18.2 Å². The fraction of sp³-hybridized carbons (Fsp3) is 1.00. The average Bonchev–Trinajstić information content (AvgIpc) is 2.99. The molecule has 2 N–H and O–H groups in total. The number of hydrogen-bond acceptors (Lipinski definition) is 6. The van der Waals surface area contributed by atoms with Gasteiger partial charge < -0.3 is 29.3 Å². The molecule has 0 radical (unpaired) electrons. The average molecular weight is 313 g/mol. The van der Waals surface area contributed by atoms with E-state index in [2.05, 4.69) is 4.90 Å². The molecule has 0 bridgehead atoms. The quantitative estimate of drug-likeness (QED) is 0.778. The molecule has 1 saturated carbocycles. The van der Waals surface area contributed by atoms with Gasteiger partial charge in [0.25, 0.3) is 0 Å². The van der Waals surface area contributed by atoms with E-state index in [0.29, 0.717) is 6.54 Å². The van der Waals surface area contributed by atoms with E-state index in [1.54, 1.807) is 0 Å². The Balaban J connectivity index is 1.33. The minimum absolute atomic E-state index is 0.178. The first-order chi connectivity index (χ1) is 10.7. The van der Waals surface area contributed by atoms with Crippen LogP contribution in [0.1, 0.15) is 44.9 Å². The zero-order chi connectivity index (χ0) is 15.2. The Hall–Kier alpha value is -0.240. The van der Waals surface area contributed by atoms with Gasteiger partial charge in [0.05, 0.1) is 6.10 Å². The van der Waals surface area contributed by atoms with E-state index >= 15 is 0 Å². The predicted octanol–water partition coefficient (Wildman–Crippen LogP) is 0.605. The summed E-state index contributed by atoms with van der Waals surface area (Å²) in [5, 5.41) is 20.1. The molecule has 22 heavy (non-hydrogen) atoms. The van der Waals surface area contributed by atoms with Crippen molar-refractivity contribution in [3.8, 4) is 0 Å². The molecule has 3 saturated heterocycles. The monoisotopic (exact) mass is 313 g/mol. The Labute approximate surface area is 131 Å². The van der Waals surface area contributed by atoms with Gasteiger partial charge in [0.1, 0.15) is 18.3 Å². The highest BCUT2D eigenvalue weighted by Crippen LogP contribution is 2.45. The maximum Gasteiger partial charge on any atom is 0.190 e. The zero-order valence-corrected chi connectivity index (χ0v) is 13.0. The summed E-state index contributed by atoms with van der Waals surface area (Å²) in [6.07, 6.45) is 5.05. The van der Waals surface area contributed by atoms with Gasteiger partial charge in [-0.1, -0.05) is 6.42 Å². The van der Waals surface area contributed by atoms with Crippen LogP contribution >= 0.6 is 0 Å². The highest BCUT2D eigenvalue weighted by molar-refractivity contribution is 4.96. The molecule has 6 nitrogen and oxygen atoms in total. The van der Waals surface area contributed by atoms with Crippen LogP contribution in [0.3, 0.4) is 0 Å². The van der Waals surface area contributed by atoms with Crippen LogP contribution in [0.25, 0.3) is 0 Å². The topological polar surface area (TPSA) is 71.4 Å². The van der Waals surface area contributed by atoms with Crippen molar-refractivity contribution in [3.05, 3.63) is 0 Å². The Morgan fingerprint density at radius 1 is 1.00 bits per heavy atom. The third-order valence-corrected chi connectivity index (χ3v) is 5.59. The van der Waals surface area contributed by atoms with Gasteiger partial charge in [0, 0.05) is 32.5 Å². The number of rotatable bonds is 2. The Bertz CT molecular complexity index is 392. The summed E-state index contributed by atoms with van der Waals surface area (Å²) in [5.41, 5.74) is 0. The highest BCUT2D eigenvalue weighted by atomic mass is 16.8. The van der Waals surface area contributed by atoms with E-state index in [-0.39, 0.29) is 18.3 Å². The maximum absolute atomic E-state index is 10.5. The SMILES string of the molecule is OC1CCN(C[C@H]2O[C@@H]3OC4(CCCCC4)O[C@@H]3[C@H]2O)CC1. The van der Waals surface area contributed by atoms with Gasteiger partial charge in [0.2, 0.25) is 0 Å². The molecule has 4 aliphatic rings. The number of aliphatic hydroxyl groups excluding tert-OH is 2. The van der Waals surface area contributed by atoms with Crippen molar-refractivity contribution >= 4 is 0 Å². The van der Waals surface area contributed by atoms with E-state index in [4.69, 9.17) is 14.2 Å². The largest absolute Gasteiger partial charge is 0.393 e. The number of ether oxygens (including phenoxy) is 3. The van der Waals surface area contributed by atoms with E-state index in [0.717, 1.165) is 51.6 Å². The van der Waals surface area contributed by atoms with Gasteiger partial charge in [-0.2, -0.15) is 0 Å². The second-order valence-electron chi connectivity index (χ2n) is 7.24. The normalized spacial score (nSPS) is 42.8. The van der Waals surface area contributed by atoms with Gasteiger partial charge in [0.15, 0.2) is 12.1 Å². The summed E-state index contributed by atoms with van der Waals surface area (Å²) in [7, 11) is 0. The Kier molecular flexibility index (Phi) is 4.17. The van der Waals surface area contributed by atoms with Crippen LogP contribution in [-0.2, 0) is 14.2 Å². The van der Waals surface area contributed by atoms with E-state index in [1.165, 1.54) is 6.42 Å². The minimum atomic E-state index is -0.627. The number of aliphatic hydroxyl groups is 2. The molecule has 0 unspecified atom stereocenters. The molecule has 1 aliphatic carbocycles. The summed E-state index contributed by atoms with van der Waals surface area (Å²) in [6, 6.07) is 0. The standard InChI is InChI=1S/C16H27NO5/c18-11-4-8-17(9-5-11)10-12-13(19)14-15(20-12)22-16(21-14)6-2-1-3-7-16/h11-15,18-19H,1-10H2/t12-,13+,14-,15-/m1/s1. The molecular formula is C16H27NO5. The first kappa shape index (κ1) is 15.3. The highest BCUT2D eigenvalue weighted by Gasteiger charge is 2.57. The molecule has 0 aromatic carbocycles. The van der Waals surface area contributed by atoms with Crippen molar-refractivity contribution in [2.24, 2.45) is 0 Å². The number of nitrogens with zero attached hydrogens (tertiary/aromatic N) is 1. The lowest BCUT2D eigenvalue weighted by Gasteiger charge is -2.35. The summed E-state index contributed by atoms with van der Waals surface area (Å²) < 4.78 is 18.1. The molecule has 4 rings (SSSR count). The van der Waals surface area contributed by atoms with Crippen molar-refractivity contribution in [3.63, 3.8) is 0 Å². The molecule has 6 heteroatoms. The minimum Gasteiger partial charge on any atom is -0.393 e. The van der Waals surface area contributed by atoms with Gasteiger partial charge in [-0.05, 0) is 25.7 Å². The van der Waals surface area contributed by atoms with Crippen LogP contribution in [0.4, 0.5) is 0 Å². The van der Waals surface area contributed by atoms with E-state index in [1.807, 2.05) is 0 Å². The third kappa shape index (κ3) is 2.81. The van der Waals surface area contributed by atoms with Crippen LogP contribution < -0.4 is 0 Å². The fourth-order valence-electron chi connectivity index (χ4n) is 4.24. The molecule has 0 amide bonds. The molecule has 1 spiro atoms. The second-order valence-corrected chi connectivity index (χ2v) is 7.24. The summed E-state index contributed by atoms with van der Waals surface area (Å²) in [4.78, 5) is 2.25. The molecule has 4 fully saturated rings. The molecule has 4 atom stereocenters. The smallest absolute Gasteiger partial charge is 0.190 e. The summed E-state index contributed by atoms with van der Waals surface area (Å²) >= 11 is 0. The molecule has 126 valence electrons. The maximum atomic E-state index is 10.5. The summed E-state index contributed by atoms with van der Waals surface area (Å²) in [5.74, 6) is -0.505. The van der Waals surface area contributed by atoms with Gasteiger partial charge in [-0.25, -0.2) is 0 Å². The lowest BCUT2D eigenvalue weighted by molar-refractivity contribution is -0.247. The number of fused-ring (bicyclic) bond motifs is 1. The van der Waals surface area contributed by atoms with Crippen LogP contribution in [-0.4, -0.2) is 71.2 Å². The lowest BCUT2D eigenvalue weighted by atomic mass is 9.94. The lowest BCUT2D eigenvalue weighted by Crippen LogP contribution is -2.45. The van der Waals surface area contributed by atoms with E-state index in [9.17, 15) is 10.2 Å². The molecule has 0 aromatic rings. The first-order valence-corrected chi connectivity index (χ1v) is 8.75. The van der Waals surface area contributed by atoms with Crippen molar-refractivity contribution in [1.82, 2.24) is 4.90 Å². The number of likely N-dealkylation sites (tertiary alicyclic amines) is 1. The second kappa shape index (κ2) is 6.00. The van der Waals surface area contributed by atoms with Crippen molar-refractivity contribution < 1.29 is 24.4 Å². The van der Waals surface area contributed by atoms with Crippen molar-refractivity contribution in [2.45, 2.75) is 81.4 Å². The Morgan fingerprint density at radius 2 is 1.73 bits per heavy atom. The van der Waals surface area contributed by atoms with Crippen molar-refractivity contribution in [1.29, 1.82) is 0 Å². The molecule has 3 heterocycles. The molecular weight excluding hydrogens is 286 g/mol. The van der Waals surface area contributed by atoms with Crippen LogP contribution in [0.15, 0.2) is 0 Å².